The van der Waals surface area contributed by atoms with E-state index in [1.165, 1.54) is 6.20 Å². The number of nitrogens with two attached hydrogens (primary N) is 1. The van der Waals surface area contributed by atoms with Gasteiger partial charge in [-0.25, -0.2) is 4.39 Å². The molecule has 0 amide bonds. The van der Waals surface area contributed by atoms with Crippen LogP contribution in [-0.2, 0) is 0 Å². The molecule has 1 rings (SSSR count). The fraction of sp³-hybridized carbons (Fsp3) is 0.667. The van der Waals surface area contributed by atoms with E-state index in [2.05, 4.69) is 0 Å². The fourth-order valence-corrected chi connectivity index (χ4v) is 0.991. The van der Waals surface area contributed by atoms with Gasteiger partial charge in [-0.05, 0) is 0 Å². The van der Waals surface area contributed by atoms with Gasteiger partial charge in [0.2, 0.25) is 0 Å². The number of nitrogens with zero attached hydrogens (tertiary/aromatic N) is 1. The van der Waals surface area contributed by atoms with E-state index in [0.717, 1.165) is 6.54 Å². The molecule has 0 radical (unpaired) electrons. The lowest BCUT2D eigenvalue weighted by Gasteiger charge is -2.08. The molecule has 0 bridgehead atoms. The van der Waals surface area contributed by atoms with Crippen LogP contribution in [0.25, 0.3) is 0 Å². The predicted octanol–water partition coefficient (Wildman–Crippen LogP) is 0.318. The molecule has 9 heavy (non-hydrogen) atoms. The summed E-state index contributed by atoms with van der Waals surface area (Å²) in [6.45, 7) is 1.13. The Morgan fingerprint density at radius 1 is 2.00 bits per heavy atom. The van der Waals surface area contributed by atoms with E-state index in [0.29, 0.717) is 6.54 Å². The third-order valence-corrected chi connectivity index (χ3v) is 1.53. The Morgan fingerprint density at radius 2 is 2.67 bits per heavy atom. The maximum Gasteiger partial charge on any atom is 0.122 e. The normalized spacial score (nSPS) is 26.8. The molecular formula is C6H11FN2. The Hall–Kier alpha value is -0.570. The van der Waals surface area contributed by atoms with Crippen molar-refractivity contribution in [1.29, 1.82) is 0 Å². The van der Waals surface area contributed by atoms with Crippen LogP contribution in [0.3, 0.4) is 0 Å². The van der Waals surface area contributed by atoms with E-state index in [1.54, 1.807) is 0 Å². The Bertz CT molecular complexity index is 133. The second-order valence-electron chi connectivity index (χ2n) is 2.39. The quantitative estimate of drug-likeness (QED) is 0.553. The molecule has 0 saturated carbocycles. The van der Waals surface area contributed by atoms with Crippen LogP contribution >= 0.6 is 0 Å². The minimum Gasteiger partial charge on any atom is -0.378 e. The van der Waals surface area contributed by atoms with E-state index < -0.39 is 0 Å². The van der Waals surface area contributed by atoms with Crippen LogP contribution < -0.4 is 5.73 Å². The van der Waals surface area contributed by atoms with Crippen LogP contribution in [0.15, 0.2) is 12.0 Å². The largest absolute Gasteiger partial charge is 0.378 e. The van der Waals surface area contributed by atoms with Crippen LogP contribution in [-0.4, -0.2) is 25.0 Å². The average Bonchev–Trinajstić information content (AvgIpc) is 2.10. The Labute approximate surface area is 54.1 Å². The van der Waals surface area contributed by atoms with Gasteiger partial charge >= 0.3 is 0 Å². The lowest BCUT2D eigenvalue weighted by molar-refractivity contribution is 0.417. The molecule has 0 fully saturated rings. The van der Waals surface area contributed by atoms with E-state index in [9.17, 15) is 4.39 Å². The van der Waals surface area contributed by atoms with Gasteiger partial charge in [-0.1, -0.05) is 0 Å². The molecule has 1 atom stereocenters. The highest BCUT2D eigenvalue weighted by molar-refractivity contribution is 5.04. The first-order valence-corrected chi connectivity index (χ1v) is 3.01. The van der Waals surface area contributed by atoms with Crippen molar-refractivity contribution in [3.63, 3.8) is 0 Å². The Kier molecular flexibility index (Phi) is 1.71. The van der Waals surface area contributed by atoms with Crippen molar-refractivity contribution >= 4 is 0 Å². The SMILES string of the molecule is CN1C=C(F)C(CN)C1. The van der Waals surface area contributed by atoms with Crippen molar-refractivity contribution < 1.29 is 4.39 Å². The van der Waals surface area contributed by atoms with E-state index in [1.807, 2.05) is 11.9 Å². The van der Waals surface area contributed by atoms with Gasteiger partial charge in [0, 0.05) is 32.3 Å². The second kappa shape index (κ2) is 2.35. The van der Waals surface area contributed by atoms with Crippen molar-refractivity contribution in [3.8, 4) is 0 Å². The maximum atomic E-state index is 12.6. The maximum absolute atomic E-state index is 12.6. The summed E-state index contributed by atoms with van der Waals surface area (Å²) in [5.41, 5.74) is 5.28. The third kappa shape index (κ3) is 1.21. The summed E-state index contributed by atoms with van der Waals surface area (Å²) in [6, 6.07) is 0. The standard InChI is InChI=1S/C6H11FN2/c1-9-3-5(2-8)6(7)4-9/h4-5H,2-3,8H2,1H3. The number of hydrogen-bond donors (Lipinski definition) is 1. The van der Waals surface area contributed by atoms with E-state index >= 15 is 0 Å². The molecule has 52 valence electrons. The third-order valence-electron chi connectivity index (χ3n) is 1.53. The minimum absolute atomic E-state index is 0.0602. The molecule has 0 aromatic carbocycles. The molecule has 2 nitrogen and oxygen atoms in total. The van der Waals surface area contributed by atoms with Crippen LogP contribution in [0.5, 0.6) is 0 Å². The van der Waals surface area contributed by atoms with Crippen molar-refractivity contribution in [1.82, 2.24) is 4.90 Å². The molecule has 1 unspecified atom stereocenters. The molecule has 3 heteroatoms. The minimum atomic E-state index is -0.0833. The van der Waals surface area contributed by atoms with Crippen LogP contribution in [0.1, 0.15) is 0 Å². The summed E-state index contributed by atoms with van der Waals surface area (Å²) < 4.78 is 12.6. The molecule has 0 saturated heterocycles. The lowest BCUT2D eigenvalue weighted by atomic mass is 10.1. The zero-order valence-electron chi connectivity index (χ0n) is 5.47. The average molecular weight is 130 g/mol. The van der Waals surface area contributed by atoms with Crippen LogP contribution in [0.4, 0.5) is 4.39 Å². The molecule has 0 spiro atoms. The molecule has 0 aromatic heterocycles. The molecule has 0 aliphatic carbocycles. The first-order valence-electron chi connectivity index (χ1n) is 3.01. The van der Waals surface area contributed by atoms with Gasteiger partial charge in [-0.3, -0.25) is 0 Å². The summed E-state index contributed by atoms with van der Waals surface area (Å²) in [5, 5.41) is 0. The summed E-state index contributed by atoms with van der Waals surface area (Å²) in [5.74, 6) is -0.144. The topological polar surface area (TPSA) is 29.3 Å². The van der Waals surface area contributed by atoms with Gasteiger partial charge in [0.25, 0.3) is 0 Å². The zero-order chi connectivity index (χ0) is 6.85. The first kappa shape index (κ1) is 6.55. The van der Waals surface area contributed by atoms with Crippen LogP contribution in [0.2, 0.25) is 0 Å². The molecule has 1 heterocycles. The summed E-state index contributed by atoms with van der Waals surface area (Å²) in [4.78, 5) is 1.81. The monoisotopic (exact) mass is 130 g/mol. The lowest BCUT2D eigenvalue weighted by Crippen LogP contribution is -2.20. The predicted molar refractivity (Wildman–Crippen MR) is 34.4 cm³/mol. The summed E-state index contributed by atoms with van der Waals surface area (Å²) >= 11 is 0. The fourth-order valence-electron chi connectivity index (χ4n) is 0.991. The molecule has 2 N–H and O–H groups in total. The zero-order valence-corrected chi connectivity index (χ0v) is 5.47. The number of halogens is 1. The number of hydrogen-bond acceptors (Lipinski definition) is 2. The van der Waals surface area contributed by atoms with E-state index in [4.69, 9.17) is 5.73 Å². The van der Waals surface area contributed by atoms with Gasteiger partial charge < -0.3 is 10.6 Å². The van der Waals surface area contributed by atoms with Crippen molar-refractivity contribution in [2.75, 3.05) is 20.1 Å². The van der Waals surface area contributed by atoms with Gasteiger partial charge in [0.15, 0.2) is 0 Å². The summed E-state index contributed by atoms with van der Waals surface area (Å²) in [7, 11) is 1.84. The van der Waals surface area contributed by atoms with Crippen molar-refractivity contribution in [3.05, 3.63) is 12.0 Å². The van der Waals surface area contributed by atoms with Crippen molar-refractivity contribution in [2.45, 2.75) is 0 Å². The Balaban J connectivity index is 2.53. The molecular weight excluding hydrogens is 119 g/mol. The highest BCUT2D eigenvalue weighted by Crippen LogP contribution is 2.19. The van der Waals surface area contributed by atoms with Gasteiger partial charge in [0.05, 0.1) is 0 Å². The van der Waals surface area contributed by atoms with Crippen LogP contribution in [0, 0.1) is 5.92 Å². The van der Waals surface area contributed by atoms with Gasteiger partial charge in [-0.2, -0.15) is 0 Å². The molecule has 1 aliphatic rings. The highest BCUT2D eigenvalue weighted by Gasteiger charge is 2.20. The first-order chi connectivity index (χ1) is 4.24. The smallest absolute Gasteiger partial charge is 0.122 e. The Morgan fingerprint density at radius 3 is 2.89 bits per heavy atom. The second-order valence-corrected chi connectivity index (χ2v) is 2.39. The summed E-state index contributed by atoms with van der Waals surface area (Å²) in [6.07, 6.45) is 1.50. The highest BCUT2D eigenvalue weighted by atomic mass is 19.1. The van der Waals surface area contributed by atoms with Gasteiger partial charge in [0.1, 0.15) is 5.83 Å². The van der Waals surface area contributed by atoms with Crippen molar-refractivity contribution in [2.24, 2.45) is 11.7 Å². The van der Waals surface area contributed by atoms with Gasteiger partial charge in [-0.15, -0.1) is 0 Å². The number of rotatable bonds is 1. The molecule has 0 aromatic rings. The molecule has 1 aliphatic heterocycles. The van der Waals surface area contributed by atoms with E-state index in [-0.39, 0.29) is 11.7 Å².